The quantitative estimate of drug-likeness (QED) is 0.492. The van der Waals surface area contributed by atoms with Crippen LogP contribution in [-0.2, 0) is 17.8 Å². The van der Waals surface area contributed by atoms with E-state index in [1.165, 1.54) is 11.8 Å². The summed E-state index contributed by atoms with van der Waals surface area (Å²) in [5.41, 5.74) is 2.16. The van der Waals surface area contributed by atoms with Crippen LogP contribution < -0.4 is 4.74 Å². The Kier molecular flexibility index (Phi) is 7.30. The molecule has 0 bridgehead atoms. The number of thioether (sulfide) groups is 1. The number of benzene rings is 2. The van der Waals surface area contributed by atoms with Gasteiger partial charge in [0, 0.05) is 13.1 Å². The van der Waals surface area contributed by atoms with Crippen molar-refractivity contribution in [2.24, 2.45) is 0 Å². The largest absolute Gasteiger partial charge is 0.497 e. The molecular formula is C22H25N3O3S. The van der Waals surface area contributed by atoms with Crippen LogP contribution in [0.1, 0.15) is 30.9 Å². The lowest BCUT2D eigenvalue weighted by molar-refractivity contribution is -0.130. The summed E-state index contributed by atoms with van der Waals surface area (Å²) in [6.45, 7) is 5.09. The van der Waals surface area contributed by atoms with E-state index in [2.05, 4.69) is 10.2 Å². The number of hydrogen-bond donors (Lipinski definition) is 0. The van der Waals surface area contributed by atoms with Gasteiger partial charge in [0.15, 0.2) is 0 Å². The van der Waals surface area contributed by atoms with E-state index in [1.54, 1.807) is 7.11 Å². The summed E-state index contributed by atoms with van der Waals surface area (Å²) in [7, 11) is 1.64. The van der Waals surface area contributed by atoms with Crippen molar-refractivity contribution >= 4 is 17.7 Å². The van der Waals surface area contributed by atoms with E-state index in [1.807, 2.05) is 73.3 Å². The molecule has 1 heterocycles. The van der Waals surface area contributed by atoms with Crippen LogP contribution in [0.15, 0.2) is 64.2 Å². The summed E-state index contributed by atoms with van der Waals surface area (Å²) in [5.74, 6) is 1.38. The first-order chi connectivity index (χ1) is 14.1. The number of aromatic nitrogens is 2. The number of rotatable bonds is 9. The highest BCUT2D eigenvalue weighted by Gasteiger charge is 2.23. The number of hydrogen-bond acceptors (Lipinski definition) is 6. The minimum absolute atomic E-state index is 0.0521. The molecule has 3 rings (SSSR count). The first kappa shape index (κ1) is 20.9. The first-order valence-electron chi connectivity index (χ1n) is 9.53. The maximum absolute atomic E-state index is 12.8. The van der Waals surface area contributed by atoms with E-state index >= 15 is 0 Å². The topological polar surface area (TPSA) is 68.5 Å². The predicted octanol–water partition coefficient (Wildman–Crippen LogP) is 4.20. The summed E-state index contributed by atoms with van der Waals surface area (Å²) in [6.07, 6.45) is 0.537. The molecule has 0 saturated heterocycles. The summed E-state index contributed by atoms with van der Waals surface area (Å²) in [4.78, 5) is 14.7. The highest BCUT2D eigenvalue weighted by Crippen LogP contribution is 2.25. The van der Waals surface area contributed by atoms with E-state index < -0.39 is 0 Å². The molecule has 2 aromatic carbocycles. The van der Waals surface area contributed by atoms with Gasteiger partial charge in [-0.1, -0.05) is 54.2 Å². The molecule has 0 aliphatic heterocycles. The standard InChI is InChI=1S/C22H25N3O3S/c1-4-25(15-18-8-6-5-7-9-18)21(26)16(2)29-22-24-23-20(28-22)14-17-10-12-19(27-3)13-11-17/h5-13,16H,4,14-15H2,1-3H3. The highest BCUT2D eigenvalue weighted by molar-refractivity contribution is 8.00. The SMILES string of the molecule is CCN(Cc1ccccc1)C(=O)C(C)Sc1nnc(Cc2ccc(OC)cc2)o1. The zero-order chi connectivity index (χ0) is 20.6. The van der Waals surface area contributed by atoms with Gasteiger partial charge in [0.25, 0.3) is 5.22 Å². The van der Waals surface area contributed by atoms with Gasteiger partial charge < -0.3 is 14.1 Å². The fraction of sp³-hybridized carbons (Fsp3) is 0.318. The first-order valence-corrected chi connectivity index (χ1v) is 10.4. The normalized spacial score (nSPS) is 11.8. The van der Waals surface area contributed by atoms with Gasteiger partial charge in [0.05, 0.1) is 18.8 Å². The molecule has 152 valence electrons. The van der Waals surface area contributed by atoms with Gasteiger partial charge in [0.1, 0.15) is 5.75 Å². The van der Waals surface area contributed by atoms with Crippen LogP contribution in [0.25, 0.3) is 0 Å². The zero-order valence-corrected chi connectivity index (χ0v) is 17.7. The smallest absolute Gasteiger partial charge is 0.277 e. The molecule has 0 saturated carbocycles. The van der Waals surface area contributed by atoms with Crippen LogP contribution in [0.4, 0.5) is 0 Å². The monoisotopic (exact) mass is 411 g/mol. The maximum Gasteiger partial charge on any atom is 0.277 e. The van der Waals surface area contributed by atoms with Gasteiger partial charge >= 0.3 is 0 Å². The third-order valence-corrected chi connectivity index (χ3v) is 5.42. The molecule has 7 heteroatoms. The summed E-state index contributed by atoms with van der Waals surface area (Å²) >= 11 is 1.29. The molecule has 0 N–H and O–H groups in total. The van der Waals surface area contributed by atoms with Crippen molar-refractivity contribution in [3.8, 4) is 5.75 Å². The molecule has 1 amide bonds. The molecule has 0 aliphatic carbocycles. The predicted molar refractivity (Wildman–Crippen MR) is 113 cm³/mol. The lowest BCUT2D eigenvalue weighted by atomic mass is 10.1. The van der Waals surface area contributed by atoms with Crippen molar-refractivity contribution < 1.29 is 13.9 Å². The Hall–Kier alpha value is -2.80. The number of amides is 1. The molecule has 1 aromatic heterocycles. The number of methoxy groups -OCH3 is 1. The highest BCUT2D eigenvalue weighted by atomic mass is 32.2. The Morgan fingerprint density at radius 2 is 1.83 bits per heavy atom. The molecule has 0 spiro atoms. The number of ether oxygens (including phenoxy) is 1. The molecular weight excluding hydrogens is 386 g/mol. The fourth-order valence-electron chi connectivity index (χ4n) is 2.88. The second kappa shape index (κ2) is 10.1. The fourth-order valence-corrected chi connectivity index (χ4v) is 3.67. The van der Waals surface area contributed by atoms with E-state index in [-0.39, 0.29) is 11.2 Å². The van der Waals surface area contributed by atoms with Gasteiger partial charge in [-0.3, -0.25) is 4.79 Å². The summed E-state index contributed by atoms with van der Waals surface area (Å²) < 4.78 is 10.9. The maximum atomic E-state index is 12.8. The Morgan fingerprint density at radius 1 is 1.10 bits per heavy atom. The van der Waals surface area contributed by atoms with Crippen LogP contribution in [-0.4, -0.2) is 39.9 Å². The van der Waals surface area contributed by atoms with Crippen LogP contribution in [0, 0.1) is 0 Å². The van der Waals surface area contributed by atoms with E-state index in [9.17, 15) is 4.79 Å². The van der Waals surface area contributed by atoms with Crippen molar-refractivity contribution in [1.82, 2.24) is 15.1 Å². The molecule has 0 radical (unpaired) electrons. The molecule has 6 nitrogen and oxygen atoms in total. The van der Waals surface area contributed by atoms with Gasteiger partial charge in [0.2, 0.25) is 11.8 Å². The van der Waals surface area contributed by atoms with Crippen molar-refractivity contribution in [1.29, 1.82) is 0 Å². The number of carbonyl (C=O) groups excluding carboxylic acids is 1. The molecule has 0 aliphatic rings. The van der Waals surface area contributed by atoms with E-state index in [0.717, 1.165) is 16.9 Å². The van der Waals surface area contributed by atoms with Crippen molar-refractivity contribution in [3.63, 3.8) is 0 Å². The Bertz CT molecular complexity index is 913. The Labute approximate surface area is 175 Å². The third kappa shape index (κ3) is 5.84. The Morgan fingerprint density at radius 3 is 2.48 bits per heavy atom. The van der Waals surface area contributed by atoms with E-state index in [4.69, 9.17) is 9.15 Å². The van der Waals surface area contributed by atoms with Gasteiger partial charge in [-0.15, -0.1) is 10.2 Å². The molecule has 29 heavy (non-hydrogen) atoms. The third-order valence-electron chi connectivity index (χ3n) is 4.50. The van der Waals surface area contributed by atoms with Crippen molar-refractivity contribution in [3.05, 3.63) is 71.6 Å². The average molecular weight is 412 g/mol. The number of carbonyl (C=O) groups is 1. The van der Waals surface area contributed by atoms with E-state index in [0.29, 0.717) is 30.6 Å². The van der Waals surface area contributed by atoms with Gasteiger partial charge in [-0.25, -0.2) is 0 Å². The lowest BCUT2D eigenvalue weighted by Crippen LogP contribution is -2.35. The molecule has 1 atom stereocenters. The summed E-state index contributed by atoms with van der Waals surface area (Å²) in [5, 5.41) is 8.29. The number of nitrogens with zero attached hydrogens (tertiary/aromatic N) is 3. The van der Waals surface area contributed by atoms with Crippen molar-refractivity contribution in [2.45, 2.75) is 37.3 Å². The van der Waals surface area contributed by atoms with Crippen LogP contribution in [0.5, 0.6) is 5.75 Å². The van der Waals surface area contributed by atoms with Crippen LogP contribution in [0.2, 0.25) is 0 Å². The van der Waals surface area contributed by atoms with Crippen LogP contribution in [0.3, 0.4) is 0 Å². The summed E-state index contributed by atoms with van der Waals surface area (Å²) in [6, 6.07) is 17.7. The molecule has 1 unspecified atom stereocenters. The van der Waals surface area contributed by atoms with Crippen molar-refractivity contribution in [2.75, 3.05) is 13.7 Å². The molecule has 3 aromatic rings. The second-order valence-corrected chi connectivity index (χ2v) is 7.88. The Balaban J connectivity index is 1.58. The second-order valence-electron chi connectivity index (χ2n) is 6.58. The average Bonchev–Trinajstić information content (AvgIpc) is 3.19. The minimum atomic E-state index is -0.312. The van der Waals surface area contributed by atoms with Crippen LogP contribution >= 0.6 is 11.8 Å². The van der Waals surface area contributed by atoms with Gasteiger partial charge in [-0.05, 0) is 37.1 Å². The minimum Gasteiger partial charge on any atom is -0.497 e. The molecule has 0 fully saturated rings. The van der Waals surface area contributed by atoms with Gasteiger partial charge in [-0.2, -0.15) is 0 Å². The zero-order valence-electron chi connectivity index (χ0n) is 16.9. The lowest BCUT2D eigenvalue weighted by Gasteiger charge is -2.23.